The van der Waals surface area contributed by atoms with Gasteiger partial charge < -0.3 is 4.90 Å². The lowest BCUT2D eigenvalue weighted by Gasteiger charge is -2.19. The fourth-order valence-electron chi connectivity index (χ4n) is 2.91. The summed E-state index contributed by atoms with van der Waals surface area (Å²) in [5.41, 5.74) is 3.36. The largest absolute Gasteiger partial charge is 0.355 e. The van der Waals surface area contributed by atoms with Crippen molar-refractivity contribution in [1.29, 1.82) is 5.41 Å². The second kappa shape index (κ2) is 8.25. The maximum Gasteiger partial charge on any atom is 0.301 e. The minimum atomic E-state index is -0.691. The molecule has 0 bridgehead atoms. The molecule has 0 atom stereocenters. The Labute approximate surface area is 160 Å². The van der Waals surface area contributed by atoms with E-state index in [1.807, 2.05) is 35.2 Å². The van der Waals surface area contributed by atoms with Gasteiger partial charge in [-0.25, -0.2) is 0 Å². The van der Waals surface area contributed by atoms with Gasteiger partial charge in [-0.2, -0.15) is 5.10 Å². The summed E-state index contributed by atoms with van der Waals surface area (Å²) >= 11 is 0. The van der Waals surface area contributed by atoms with Gasteiger partial charge in [-0.3, -0.25) is 31.1 Å². The van der Waals surface area contributed by atoms with Crippen LogP contribution in [-0.4, -0.2) is 39.4 Å². The number of rotatable bonds is 7. The molecule has 2 N–H and O–H groups in total. The van der Waals surface area contributed by atoms with Crippen LogP contribution in [0.1, 0.15) is 18.4 Å². The average molecular weight is 382 g/mol. The van der Waals surface area contributed by atoms with E-state index < -0.39 is 15.5 Å². The molecule has 0 radical (unpaired) electrons. The number of nitro benzene ring substituents is 2. The Hall–Kier alpha value is -3.82. The third-order valence-electron chi connectivity index (χ3n) is 4.37. The van der Waals surface area contributed by atoms with Gasteiger partial charge in [0.25, 0.3) is 5.69 Å². The smallest absolute Gasteiger partial charge is 0.301 e. The Morgan fingerprint density at radius 3 is 2.50 bits per heavy atom. The van der Waals surface area contributed by atoms with Crippen LogP contribution in [0, 0.1) is 25.6 Å². The van der Waals surface area contributed by atoms with Crippen LogP contribution in [0.5, 0.6) is 0 Å². The lowest BCUT2D eigenvalue weighted by Crippen LogP contribution is -2.31. The first-order chi connectivity index (χ1) is 13.5. The second-order valence-electron chi connectivity index (χ2n) is 6.22. The molecule has 1 fully saturated rings. The van der Waals surface area contributed by atoms with Crippen LogP contribution in [0.15, 0.2) is 53.6 Å². The minimum absolute atomic E-state index is 0.0560. The molecule has 0 amide bonds. The van der Waals surface area contributed by atoms with E-state index in [0.29, 0.717) is 24.5 Å². The summed E-state index contributed by atoms with van der Waals surface area (Å²) < 4.78 is 0. The summed E-state index contributed by atoms with van der Waals surface area (Å²) in [5.74, 6) is 0.532. The zero-order valence-corrected chi connectivity index (χ0v) is 14.9. The molecule has 10 nitrogen and oxygen atoms in total. The number of hydrogen-bond donors (Lipinski definition) is 2. The van der Waals surface area contributed by atoms with Gasteiger partial charge in [0.1, 0.15) is 5.69 Å². The SMILES string of the molecule is N=C1CCCN1CC(=NNc1ccc([N+](=O)[O-])cc1[N+](=O)[O-])c1ccccc1. The van der Waals surface area contributed by atoms with Crippen LogP contribution < -0.4 is 5.43 Å². The Bertz CT molecular complexity index is 944. The average Bonchev–Trinajstić information content (AvgIpc) is 3.10. The Morgan fingerprint density at radius 2 is 1.89 bits per heavy atom. The third kappa shape index (κ3) is 4.29. The van der Waals surface area contributed by atoms with Gasteiger partial charge in [0, 0.05) is 19.0 Å². The van der Waals surface area contributed by atoms with E-state index in [-0.39, 0.29) is 11.4 Å². The van der Waals surface area contributed by atoms with Crippen molar-refractivity contribution in [3.8, 4) is 0 Å². The number of nitrogens with one attached hydrogen (secondary N) is 2. The van der Waals surface area contributed by atoms with E-state index in [2.05, 4.69) is 10.5 Å². The van der Waals surface area contributed by atoms with Gasteiger partial charge in [0.2, 0.25) is 0 Å². The van der Waals surface area contributed by atoms with Gasteiger partial charge in [-0.15, -0.1) is 0 Å². The maximum absolute atomic E-state index is 11.3. The van der Waals surface area contributed by atoms with Crippen LogP contribution in [0.3, 0.4) is 0 Å². The van der Waals surface area contributed by atoms with E-state index >= 15 is 0 Å². The van der Waals surface area contributed by atoms with Crippen molar-refractivity contribution in [2.45, 2.75) is 12.8 Å². The molecule has 144 valence electrons. The number of amidine groups is 1. The molecular formula is C18H18N6O4. The zero-order valence-electron chi connectivity index (χ0n) is 14.9. The number of benzene rings is 2. The summed E-state index contributed by atoms with van der Waals surface area (Å²) in [5, 5.41) is 34.5. The lowest BCUT2D eigenvalue weighted by molar-refractivity contribution is -0.393. The van der Waals surface area contributed by atoms with Crippen molar-refractivity contribution in [2.24, 2.45) is 5.10 Å². The van der Waals surface area contributed by atoms with Crippen molar-refractivity contribution in [3.05, 3.63) is 74.3 Å². The number of non-ortho nitro benzene ring substituents is 1. The Kier molecular flexibility index (Phi) is 5.58. The number of hydrogen-bond acceptors (Lipinski definition) is 7. The van der Waals surface area contributed by atoms with E-state index in [9.17, 15) is 20.2 Å². The highest BCUT2D eigenvalue weighted by Crippen LogP contribution is 2.29. The van der Waals surface area contributed by atoms with E-state index in [0.717, 1.165) is 24.6 Å². The van der Waals surface area contributed by atoms with Crippen LogP contribution in [-0.2, 0) is 0 Å². The van der Waals surface area contributed by atoms with Crippen LogP contribution in [0.4, 0.5) is 17.1 Å². The van der Waals surface area contributed by atoms with Gasteiger partial charge in [0.15, 0.2) is 0 Å². The van der Waals surface area contributed by atoms with Crippen molar-refractivity contribution in [1.82, 2.24) is 4.90 Å². The highest BCUT2D eigenvalue weighted by atomic mass is 16.6. The molecular weight excluding hydrogens is 364 g/mol. The van der Waals surface area contributed by atoms with E-state index in [1.165, 1.54) is 12.1 Å². The summed E-state index contributed by atoms with van der Waals surface area (Å²) in [6, 6.07) is 12.7. The molecule has 0 unspecified atom stereocenters. The predicted octanol–water partition coefficient (Wildman–Crippen LogP) is 3.39. The highest BCUT2D eigenvalue weighted by Gasteiger charge is 2.21. The molecule has 1 saturated heterocycles. The number of hydrazone groups is 1. The minimum Gasteiger partial charge on any atom is -0.355 e. The molecule has 3 rings (SSSR count). The predicted molar refractivity (Wildman–Crippen MR) is 105 cm³/mol. The lowest BCUT2D eigenvalue weighted by atomic mass is 10.1. The fraction of sp³-hybridized carbons (Fsp3) is 0.222. The topological polar surface area (TPSA) is 138 Å². The maximum atomic E-state index is 11.3. The molecule has 28 heavy (non-hydrogen) atoms. The van der Waals surface area contributed by atoms with Crippen molar-refractivity contribution >= 4 is 28.6 Å². The first-order valence-corrected chi connectivity index (χ1v) is 8.59. The molecule has 2 aromatic carbocycles. The number of nitrogens with zero attached hydrogens (tertiary/aromatic N) is 4. The van der Waals surface area contributed by atoms with Gasteiger partial charge >= 0.3 is 5.69 Å². The molecule has 10 heteroatoms. The Morgan fingerprint density at radius 1 is 1.14 bits per heavy atom. The molecule has 0 aromatic heterocycles. The standard InChI is InChI=1S/C18H18N6O4/c19-18-7-4-10-22(18)12-16(13-5-2-1-3-6-13)21-20-15-9-8-14(23(25)26)11-17(15)24(27)28/h1-3,5-6,8-9,11,19-20H,4,7,10,12H2. The second-order valence-corrected chi connectivity index (χ2v) is 6.22. The molecule has 0 spiro atoms. The van der Waals surface area contributed by atoms with Crippen LogP contribution in [0.25, 0.3) is 0 Å². The summed E-state index contributed by atoms with van der Waals surface area (Å²) in [7, 11) is 0. The van der Waals surface area contributed by atoms with Crippen LogP contribution >= 0.6 is 0 Å². The van der Waals surface area contributed by atoms with Crippen molar-refractivity contribution in [2.75, 3.05) is 18.5 Å². The highest BCUT2D eigenvalue weighted by molar-refractivity contribution is 6.04. The summed E-state index contributed by atoms with van der Waals surface area (Å²) in [6.45, 7) is 1.14. The Balaban J connectivity index is 1.92. The van der Waals surface area contributed by atoms with E-state index in [1.54, 1.807) is 0 Å². The quantitative estimate of drug-likeness (QED) is 0.428. The van der Waals surface area contributed by atoms with Gasteiger partial charge in [-0.05, 0) is 18.1 Å². The van der Waals surface area contributed by atoms with Crippen LogP contribution in [0.2, 0.25) is 0 Å². The molecule has 1 aliphatic rings. The zero-order chi connectivity index (χ0) is 20.1. The van der Waals surface area contributed by atoms with E-state index in [4.69, 9.17) is 5.41 Å². The number of likely N-dealkylation sites (tertiary alicyclic amines) is 1. The number of anilines is 1. The molecule has 1 aliphatic heterocycles. The monoisotopic (exact) mass is 382 g/mol. The van der Waals surface area contributed by atoms with Gasteiger partial charge in [0.05, 0.1) is 34.0 Å². The summed E-state index contributed by atoms with van der Waals surface area (Å²) in [4.78, 5) is 22.7. The normalized spacial score (nSPS) is 14.2. The fourth-order valence-corrected chi connectivity index (χ4v) is 2.91. The third-order valence-corrected chi connectivity index (χ3v) is 4.37. The van der Waals surface area contributed by atoms with Crippen molar-refractivity contribution < 1.29 is 9.85 Å². The van der Waals surface area contributed by atoms with Gasteiger partial charge in [-0.1, -0.05) is 30.3 Å². The molecule has 1 heterocycles. The number of nitro groups is 2. The molecule has 0 saturated carbocycles. The first-order valence-electron chi connectivity index (χ1n) is 8.59. The summed E-state index contributed by atoms with van der Waals surface area (Å²) in [6.07, 6.45) is 1.62. The molecule has 2 aromatic rings. The first kappa shape index (κ1) is 19.0. The molecule has 0 aliphatic carbocycles. The van der Waals surface area contributed by atoms with Crippen molar-refractivity contribution in [3.63, 3.8) is 0 Å².